The van der Waals surface area contributed by atoms with Crippen LogP contribution >= 0.6 is 15.9 Å². The summed E-state index contributed by atoms with van der Waals surface area (Å²) in [6.07, 6.45) is 2.46. The number of nitrogens with zero attached hydrogens (tertiary/aromatic N) is 1. The molecule has 1 aliphatic heterocycles. The molecule has 0 amide bonds. The fraction of sp³-hybridized carbons (Fsp3) is 0.538. The van der Waals surface area contributed by atoms with Gasteiger partial charge < -0.3 is 10.2 Å². The van der Waals surface area contributed by atoms with Gasteiger partial charge in [-0.1, -0.05) is 15.9 Å². The molecule has 0 spiro atoms. The maximum absolute atomic E-state index is 3.65. The molecule has 0 aliphatic carbocycles. The SMILES string of the molecule is CCN1CCCc2cc(Br)c(C)c(NC)c21. The molecule has 0 saturated heterocycles. The largest absolute Gasteiger partial charge is 0.386 e. The van der Waals surface area contributed by atoms with Crippen LogP contribution in [0.15, 0.2) is 10.5 Å². The Morgan fingerprint density at radius 1 is 1.50 bits per heavy atom. The van der Waals surface area contributed by atoms with Crippen molar-refractivity contribution in [2.24, 2.45) is 0 Å². The molecule has 88 valence electrons. The van der Waals surface area contributed by atoms with Crippen LogP contribution in [0.5, 0.6) is 0 Å². The molecular formula is C13H19BrN2. The molecule has 0 atom stereocenters. The third kappa shape index (κ3) is 1.81. The normalized spacial score (nSPS) is 14.9. The lowest BCUT2D eigenvalue weighted by atomic mass is 9.98. The number of nitrogens with one attached hydrogen (secondary N) is 1. The van der Waals surface area contributed by atoms with Crippen molar-refractivity contribution in [2.75, 3.05) is 30.4 Å². The van der Waals surface area contributed by atoms with E-state index in [2.05, 4.69) is 46.1 Å². The first-order chi connectivity index (χ1) is 7.69. The summed E-state index contributed by atoms with van der Waals surface area (Å²) in [6, 6.07) is 2.29. The number of hydrogen-bond acceptors (Lipinski definition) is 2. The topological polar surface area (TPSA) is 15.3 Å². The van der Waals surface area contributed by atoms with E-state index in [4.69, 9.17) is 0 Å². The Morgan fingerprint density at radius 2 is 2.25 bits per heavy atom. The Kier molecular flexibility index (Phi) is 3.43. The van der Waals surface area contributed by atoms with Crippen LogP contribution in [0.2, 0.25) is 0 Å². The zero-order chi connectivity index (χ0) is 11.7. The van der Waals surface area contributed by atoms with E-state index in [1.54, 1.807) is 0 Å². The summed E-state index contributed by atoms with van der Waals surface area (Å²) in [6.45, 7) is 6.66. The molecule has 16 heavy (non-hydrogen) atoms. The minimum atomic E-state index is 1.09. The molecule has 1 aromatic carbocycles. The first kappa shape index (κ1) is 11.8. The third-order valence-electron chi connectivity index (χ3n) is 3.40. The number of benzene rings is 1. The van der Waals surface area contributed by atoms with Crippen LogP contribution in [0, 0.1) is 6.92 Å². The molecule has 0 unspecified atom stereocenters. The summed E-state index contributed by atoms with van der Waals surface area (Å²) in [4.78, 5) is 2.48. The van der Waals surface area contributed by atoms with Crippen LogP contribution in [0.25, 0.3) is 0 Å². The van der Waals surface area contributed by atoms with Crippen LogP contribution in [0.1, 0.15) is 24.5 Å². The van der Waals surface area contributed by atoms with E-state index >= 15 is 0 Å². The highest BCUT2D eigenvalue weighted by atomic mass is 79.9. The summed E-state index contributed by atoms with van der Waals surface area (Å²) >= 11 is 3.65. The summed E-state index contributed by atoms with van der Waals surface area (Å²) in [5, 5.41) is 3.36. The summed E-state index contributed by atoms with van der Waals surface area (Å²) in [7, 11) is 2.01. The average molecular weight is 283 g/mol. The summed E-state index contributed by atoms with van der Waals surface area (Å²) in [5.41, 5.74) is 5.47. The van der Waals surface area contributed by atoms with E-state index in [1.165, 1.54) is 46.4 Å². The number of anilines is 2. The van der Waals surface area contributed by atoms with Crippen molar-refractivity contribution >= 4 is 27.3 Å². The zero-order valence-corrected chi connectivity index (χ0v) is 11.8. The van der Waals surface area contributed by atoms with Gasteiger partial charge in [-0.3, -0.25) is 0 Å². The van der Waals surface area contributed by atoms with E-state index in [0.717, 1.165) is 6.54 Å². The molecule has 1 heterocycles. The molecule has 1 aliphatic rings. The van der Waals surface area contributed by atoms with Gasteiger partial charge in [-0.2, -0.15) is 0 Å². The fourth-order valence-corrected chi connectivity index (χ4v) is 3.01. The second-order valence-corrected chi connectivity index (χ2v) is 5.15. The first-order valence-electron chi connectivity index (χ1n) is 5.93. The molecular weight excluding hydrogens is 264 g/mol. The minimum Gasteiger partial charge on any atom is -0.386 e. The molecule has 0 saturated carbocycles. The monoisotopic (exact) mass is 282 g/mol. The van der Waals surface area contributed by atoms with Gasteiger partial charge in [0, 0.05) is 24.6 Å². The molecule has 3 heteroatoms. The van der Waals surface area contributed by atoms with E-state index in [1.807, 2.05) is 7.05 Å². The highest BCUT2D eigenvalue weighted by Crippen LogP contribution is 2.40. The van der Waals surface area contributed by atoms with Gasteiger partial charge in [0.1, 0.15) is 0 Å². The lowest BCUT2D eigenvalue weighted by Crippen LogP contribution is -2.30. The predicted octanol–water partition coefficient (Wildman–Crippen LogP) is 3.57. The molecule has 2 nitrogen and oxygen atoms in total. The van der Waals surface area contributed by atoms with E-state index in [9.17, 15) is 0 Å². The zero-order valence-electron chi connectivity index (χ0n) is 10.2. The van der Waals surface area contributed by atoms with Crippen LogP contribution in [-0.2, 0) is 6.42 Å². The Morgan fingerprint density at radius 3 is 2.88 bits per heavy atom. The first-order valence-corrected chi connectivity index (χ1v) is 6.73. The Bertz CT molecular complexity index is 401. The highest BCUT2D eigenvalue weighted by molar-refractivity contribution is 9.10. The highest BCUT2D eigenvalue weighted by Gasteiger charge is 2.21. The lowest BCUT2D eigenvalue weighted by Gasteiger charge is -2.33. The average Bonchev–Trinajstić information content (AvgIpc) is 2.30. The van der Waals surface area contributed by atoms with Crippen LogP contribution in [0.4, 0.5) is 11.4 Å². The molecule has 0 fully saturated rings. The van der Waals surface area contributed by atoms with Crippen molar-refractivity contribution in [1.82, 2.24) is 0 Å². The summed E-state index contributed by atoms with van der Waals surface area (Å²) < 4.78 is 1.22. The van der Waals surface area contributed by atoms with E-state index in [0.29, 0.717) is 0 Å². The van der Waals surface area contributed by atoms with Crippen LogP contribution in [-0.4, -0.2) is 20.1 Å². The van der Waals surface area contributed by atoms with Gasteiger partial charge >= 0.3 is 0 Å². The van der Waals surface area contributed by atoms with Gasteiger partial charge in [0.05, 0.1) is 11.4 Å². The second kappa shape index (κ2) is 4.66. The maximum atomic E-state index is 3.65. The van der Waals surface area contributed by atoms with Gasteiger partial charge in [0.2, 0.25) is 0 Å². The fourth-order valence-electron chi connectivity index (χ4n) is 2.53. The van der Waals surface area contributed by atoms with Gasteiger partial charge in [0.15, 0.2) is 0 Å². The lowest BCUT2D eigenvalue weighted by molar-refractivity contribution is 0.708. The Hall–Kier alpha value is -0.700. The number of fused-ring (bicyclic) bond motifs is 1. The van der Waals surface area contributed by atoms with Crippen molar-refractivity contribution in [1.29, 1.82) is 0 Å². The minimum absolute atomic E-state index is 1.09. The van der Waals surface area contributed by atoms with Gasteiger partial charge in [-0.05, 0) is 43.9 Å². The van der Waals surface area contributed by atoms with Gasteiger partial charge in [-0.15, -0.1) is 0 Å². The Labute approximate surface area is 106 Å². The van der Waals surface area contributed by atoms with Gasteiger partial charge in [-0.25, -0.2) is 0 Å². The van der Waals surface area contributed by atoms with Crippen molar-refractivity contribution in [2.45, 2.75) is 26.7 Å². The van der Waals surface area contributed by atoms with Crippen LogP contribution in [0.3, 0.4) is 0 Å². The Balaban J connectivity index is 2.61. The molecule has 1 N–H and O–H groups in total. The van der Waals surface area contributed by atoms with Crippen molar-refractivity contribution in [3.8, 4) is 0 Å². The molecule has 0 aromatic heterocycles. The molecule has 2 rings (SSSR count). The number of aryl methyl sites for hydroxylation is 1. The molecule has 0 bridgehead atoms. The number of hydrogen-bond donors (Lipinski definition) is 1. The molecule has 0 radical (unpaired) electrons. The van der Waals surface area contributed by atoms with E-state index < -0.39 is 0 Å². The predicted molar refractivity (Wildman–Crippen MR) is 74.6 cm³/mol. The molecule has 1 aromatic rings. The van der Waals surface area contributed by atoms with Crippen molar-refractivity contribution in [3.63, 3.8) is 0 Å². The number of halogens is 1. The van der Waals surface area contributed by atoms with Crippen LogP contribution < -0.4 is 10.2 Å². The van der Waals surface area contributed by atoms with Gasteiger partial charge in [0.25, 0.3) is 0 Å². The number of rotatable bonds is 2. The smallest absolute Gasteiger partial charge is 0.0637 e. The summed E-state index contributed by atoms with van der Waals surface area (Å²) in [5.74, 6) is 0. The second-order valence-electron chi connectivity index (χ2n) is 4.30. The van der Waals surface area contributed by atoms with Crippen molar-refractivity contribution < 1.29 is 0 Å². The quantitative estimate of drug-likeness (QED) is 0.892. The van der Waals surface area contributed by atoms with Crippen molar-refractivity contribution in [3.05, 3.63) is 21.7 Å². The maximum Gasteiger partial charge on any atom is 0.0637 e. The van der Waals surface area contributed by atoms with E-state index in [-0.39, 0.29) is 0 Å². The third-order valence-corrected chi connectivity index (χ3v) is 4.22. The standard InChI is InChI=1S/C13H19BrN2/c1-4-16-7-5-6-10-8-11(14)9(2)12(15-3)13(10)16/h8,15H,4-7H2,1-3H3.